The van der Waals surface area contributed by atoms with E-state index in [4.69, 9.17) is 4.74 Å². The highest BCUT2D eigenvalue weighted by Gasteiger charge is 2.29. The lowest BCUT2D eigenvalue weighted by atomic mass is 10.1. The maximum Gasteiger partial charge on any atom is 0.129 e. The lowest BCUT2D eigenvalue weighted by Crippen LogP contribution is -2.20. The van der Waals surface area contributed by atoms with Crippen LogP contribution in [-0.2, 0) is 0 Å². The van der Waals surface area contributed by atoms with E-state index in [1.54, 1.807) is 0 Å². The second kappa shape index (κ2) is 6.00. The maximum atomic E-state index is 5.87. The number of benzene rings is 2. The molecule has 2 aromatic rings. The molecule has 1 N–H and O–H groups in total. The third kappa shape index (κ3) is 3.32. The van der Waals surface area contributed by atoms with Gasteiger partial charge in [0.25, 0.3) is 0 Å². The molecule has 1 unspecified atom stereocenters. The van der Waals surface area contributed by atoms with Crippen molar-refractivity contribution in [1.29, 1.82) is 0 Å². The molecule has 0 aliphatic heterocycles. The predicted octanol–water partition coefficient (Wildman–Crippen LogP) is 5.08. The monoisotopic (exact) mass is 267 g/mol. The van der Waals surface area contributed by atoms with E-state index in [2.05, 4.69) is 24.4 Å². The Morgan fingerprint density at radius 2 is 1.80 bits per heavy atom. The molecule has 2 nitrogen and oxygen atoms in total. The molecule has 0 bridgehead atoms. The van der Waals surface area contributed by atoms with Crippen LogP contribution < -0.4 is 10.1 Å². The summed E-state index contributed by atoms with van der Waals surface area (Å²) in [4.78, 5) is 0. The molecular formula is C18H21NO. The van der Waals surface area contributed by atoms with Crippen molar-refractivity contribution in [3.05, 3.63) is 54.6 Å². The minimum Gasteiger partial charge on any atom is -0.457 e. The summed E-state index contributed by atoms with van der Waals surface area (Å²) in [5.41, 5.74) is 1.15. The Balaban J connectivity index is 1.69. The van der Waals surface area contributed by atoms with E-state index in [9.17, 15) is 0 Å². The van der Waals surface area contributed by atoms with Crippen LogP contribution >= 0.6 is 0 Å². The molecule has 1 aliphatic carbocycles. The third-order valence-electron chi connectivity index (χ3n) is 3.80. The van der Waals surface area contributed by atoms with Crippen LogP contribution in [0.1, 0.15) is 26.2 Å². The Morgan fingerprint density at radius 1 is 1.05 bits per heavy atom. The lowest BCUT2D eigenvalue weighted by Gasteiger charge is -2.18. The number of rotatable bonds is 6. The number of hydrogen-bond acceptors (Lipinski definition) is 2. The largest absolute Gasteiger partial charge is 0.457 e. The minimum absolute atomic E-state index is 0.599. The van der Waals surface area contributed by atoms with Gasteiger partial charge in [-0.15, -0.1) is 0 Å². The first-order valence-electron chi connectivity index (χ1n) is 7.44. The minimum atomic E-state index is 0.599. The quantitative estimate of drug-likeness (QED) is 0.788. The maximum absolute atomic E-state index is 5.87. The van der Waals surface area contributed by atoms with Crippen LogP contribution in [0.3, 0.4) is 0 Å². The molecule has 1 atom stereocenters. The van der Waals surface area contributed by atoms with Gasteiger partial charge in [-0.3, -0.25) is 0 Å². The van der Waals surface area contributed by atoms with Gasteiger partial charge in [-0.05, 0) is 49.4 Å². The molecule has 0 aromatic heterocycles. The summed E-state index contributed by atoms with van der Waals surface area (Å²) in [5.74, 6) is 2.62. The van der Waals surface area contributed by atoms with Gasteiger partial charge >= 0.3 is 0 Å². The number of nitrogens with one attached hydrogen (secondary N) is 1. The van der Waals surface area contributed by atoms with Gasteiger partial charge < -0.3 is 10.1 Å². The average Bonchev–Trinajstić information content (AvgIpc) is 3.31. The van der Waals surface area contributed by atoms with Gasteiger partial charge in [0.15, 0.2) is 0 Å². The molecule has 20 heavy (non-hydrogen) atoms. The molecule has 2 heteroatoms. The molecule has 3 rings (SSSR count). The third-order valence-corrected chi connectivity index (χ3v) is 3.80. The van der Waals surface area contributed by atoms with Crippen LogP contribution in [0, 0.1) is 5.92 Å². The zero-order valence-electron chi connectivity index (χ0n) is 11.9. The number of para-hydroxylation sites is 1. The van der Waals surface area contributed by atoms with Crippen LogP contribution in [0.25, 0.3) is 0 Å². The van der Waals surface area contributed by atoms with Gasteiger partial charge in [0, 0.05) is 17.8 Å². The zero-order chi connectivity index (χ0) is 13.8. The van der Waals surface area contributed by atoms with Crippen molar-refractivity contribution >= 4 is 5.69 Å². The molecule has 0 spiro atoms. The zero-order valence-corrected chi connectivity index (χ0v) is 11.9. The Hall–Kier alpha value is -1.96. The molecule has 104 valence electrons. The van der Waals surface area contributed by atoms with Crippen LogP contribution in [-0.4, -0.2) is 6.04 Å². The van der Waals surface area contributed by atoms with Gasteiger partial charge in [0.1, 0.15) is 11.5 Å². The molecule has 1 saturated carbocycles. The van der Waals surface area contributed by atoms with Crippen LogP contribution in [0.5, 0.6) is 11.5 Å². The second-order valence-electron chi connectivity index (χ2n) is 5.44. The summed E-state index contributed by atoms with van der Waals surface area (Å²) in [6.07, 6.45) is 3.91. The Bertz CT molecular complexity index is 548. The summed E-state index contributed by atoms with van der Waals surface area (Å²) < 4.78 is 5.87. The van der Waals surface area contributed by atoms with Crippen LogP contribution in [0.2, 0.25) is 0 Å². The fourth-order valence-electron chi connectivity index (χ4n) is 2.54. The van der Waals surface area contributed by atoms with Crippen LogP contribution in [0.4, 0.5) is 5.69 Å². The fourth-order valence-corrected chi connectivity index (χ4v) is 2.54. The average molecular weight is 267 g/mol. The number of anilines is 1. The Labute approximate surface area is 120 Å². The van der Waals surface area contributed by atoms with Crippen molar-refractivity contribution in [2.24, 2.45) is 5.92 Å². The van der Waals surface area contributed by atoms with Crippen molar-refractivity contribution in [1.82, 2.24) is 0 Å². The second-order valence-corrected chi connectivity index (χ2v) is 5.44. The Morgan fingerprint density at radius 3 is 2.50 bits per heavy atom. The SMILES string of the molecule is CCC(Nc1cccc(Oc2ccccc2)c1)C1CC1. The van der Waals surface area contributed by atoms with E-state index in [0.29, 0.717) is 6.04 Å². The fraction of sp³-hybridized carbons (Fsp3) is 0.333. The van der Waals surface area contributed by atoms with Gasteiger partial charge in [0.05, 0.1) is 0 Å². The standard InChI is InChI=1S/C18H21NO/c1-2-18(14-11-12-14)19-15-7-6-10-17(13-15)20-16-8-4-3-5-9-16/h3-10,13-14,18-19H,2,11-12H2,1H3. The molecule has 0 radical (unpaired) electrons. The summed E-state index contributed by atoms with van der Waals surface area (Å²) in [6.45, 7) is 2.25. The topological polar surface area (TPSA) is 21.3 Å². The van der Waals surface area contributed by atoms with E-state index >= 15 is 0 Å². The normalized spacial score (nSPS) is 15.7. The first kappa shape index (κ1) is 13.0. The van der Waals surface area contributed by atoms with E-state index < -0.39 is 0 Å². The van der Waals surface area contributed by atoms with E-state index in [1.165, 1.54) is 19.3 Å². The molecule has 0 saturated heterocycles. The summed E-state index contributed by atoms with van der Waals surface area (Å²) in [6, 6.07) is 18.7. The Kier molecular flexibility index (Phi) is 3.91. The highest BCUT2D eigenvalue weighted by atomic mass is 16.5. The van der Waals surface area contributed by atoms with E-state index in [0.717, 1.165) is 23.1 Å². The summed E-state index contributed by atoms with van der Waals surface area (Å²) in [7, 11) is 0. The summed E-state index contributed by atoms with van der Waals surface area (Å²) >= 11 is 0. The van der Waals surface area contributed by atoms with E-state index in [1.807, 2.05) is 42.5 Å². The van der Waals surface area contributed by atoms with Gasteiger partial charge in [-0.2, -0.15) is 0 Å². The van der Waals surface area contributed by atoms with Crippen LogP contribution in [0.15, 0.2) is 54.6 Å². The molecule has 0 heterocycles. The molecular weight excluding hydrogens is 246 g/mol. The highest BCUT2D eigenvalue weighted by molar-refractivity contribution is 5.50. The molecule has 2 aromatic carbocycles. The van der Waals surface area contributed by atoms with Crippen molar-refractivity contribution in [2.75, 3.05) is 5.32 Å². The number of ether oxygens (including phenoxy) is 1. The van der Waals surface area contributed by atoms with Crippen molar-refractivity contribution in [2.45, 2.75) is 32.2 Å². The van der Waals surface area contributed by atoms with Crippen molar-refractivity contribution in [3.8, 4) is 11.5 Å². The van der Waals surface area contributed by atoms with Gasteiger partial charge in [0.2, 0.25) is 0 Å². The molecule has 0 amide bonds. The predicted molar refractivity (Wildman–Crippen MR) is 83.4 cm³/mol. The molecule has 1 aliphatic rings. The highest BCUT2D eigenvalue weighted by Crippen LogP contribution is 2.36. The first-order valence-corrected chi connectivity index (χ1v) is 7.44. The smallest absolute Gasteiger partial charge is 0.129 e. The first-order chi connectivity index (χ1) is 9.85. The molecule has 1 fully saturated rings. The van der Waals surface area contributed by atoms with Gasteiger partial charge in [-0.1, -0.05) is 31.2 Å². The van der Waals surface area contributed by atoms with E-state index in [-0.39, 0.29) is 0 Å². The number of hydrogen-bond donors (Lipinski definition) is 1. The lowest BCUT2D eigenvalue weighted by molar-refractivity contribution is 0.482. The van der Waals surface area contributed by atoms with Crippen molar-refractivity contribution in [3.63, 3.8) is 0 Å². The van der Waals surface area contributed by atoms with Crippen molar-refractivity contribution < 1.29 is 4.74 Å². The van der Waals surface area contributed by atoms with Gasteiger partial charge in [-0.25, -0.2) is 0 Å². The summed E-state index contributed by atoms with van der Waals surface area (Å²) in [5, 5.41) is 3.64.